The number of hydrogen-bond acceptors (Lipinski definition) is 4. The van der Waals surface area contributed by atoms with Gasteiger partial charge in [-0.05, 0) is 24.1 Å². The monoisotopic (exact) mass is 337 g/mol. The molecule has 130 valence electrons. The molecule has 0 spiro atoms. The van der Waals surface area contributed by atoms with Gasteiger partial charge in [-0.15, -0.1) is 0 Å². The number of carbonyl (C=O) groups excluding carboxylic acids is 2. The molecular formula is C20H23N3O2. The quantitative estimate of drug-likeness (QED) is 0.804. The summed E-state index contributed by atoms with van der Waals surface area (Å²) in [5.74, 6) is 0.0696. The minimum atomic E-state index is -0.284. The Morgan fingerprint density at radius 1 is 1.12 bits per heavy atom. The fourth-order valence-electron chi connectivity index (χ4n) is 3.11. The minimum Gasteiger partial charge on any atom is -0.354 e. The van der Waals surface area contributed by atoms with Crippen LogP contribution >= 0.6 is 0 Å². The molecule has 2 aromatic rings. The molecule has 0 radical (unpaired) electrons. The van der Waals surface area contributed by atoms with E-state index in [9.17, 15) is 9.59 Å². The zero-order chi connectivity index (χ0) is 17.5. The number of hydrogen-bond donors (Lipinski definition) is 2. The Labute approximate surface area is 147 Å². The van der Waals surface area contributed by atoms with Crippen molar-refractivity contribution in [2.45, 2.75) is 25.3 Å². The van der Waals surface area contributed by atoms with Crippen molar-refractivity contribution in [3.63, 3.8) is 0 Å². The van der Waals surface area contributed by atoms with E-state index in [0.717, 1.165) is 11.3 Å². The van der Waals surface area contributed by atoms with Crippen LogP contribution in [0.3, 0.4) is 0 Å². The van der Waals surface area contributed by atoms with Gasteiger partial charge < -0.3 is 10.6 Å². The second-order valence-electron chi connectivity index (χ2n) is 6.38. The summed E-state index contributed by atoms with van der Waals surface area (Å²) in [7, 11) is 0. The second kappa shape index (κ2) is 8.53. The van der Waals surface area contributed by atoms with Crippen molar-refractivity contribution in [2.75, 3.05) is 13.1 Å². The van der Waals surface area contributed by atoms with E-state index in [1.54, 1.807) is 6.20 Å². The highest BCUT2D eigenvalue weighted by atomic mass is 16.2. The average Bonchev–Trinajstić information content (AvgIpc) is 3.14. The number of ketones is 1. The van der Waals surface area contributed by atoms with E-state index in [0.29, 0.717) is 32.4 Å². The van der Waals surface area contributed by atoms with Crippen LogP contribution in [0.4, 0.5) is 0 Å². The predicted molar refractivity (Wildman–Crippen MR) is 96.0 cm³/mol. The normalized spacial score (nSPS) is 19.5. The van der Waals surface area contributed by atoms with Crippen LogP contribution in [0.1, 0.15) is 17.7 Å². The van der Waals surface area contributed by atoms with Gasteiger partial charge in [0.05, 0.1) is 6.04 Å². The number of amides is 1. The Morgan fingerprint density at radius 3 is 2.68 bits per heavy atom. The van der Waals surface area contributed by atoms with E-state index in [2.05, 4.69) is 15.6 Å². The topological polar surface area (TPSA) is 71.1 Å². The second-order valence-corrected chi connectivity index (χ2v) is 6.38. The number of benzene rings is 1. The number of Topliss-reactive ketones (excluding diaryl/α,β-unsaturated/α-hetero) is 1. The highest BCUT2D eigenvalue weighted by Gasteiger charge is 2.33. The first kappa shape index (κ1) is 17.3. The number of aromatic nitrogens is 1. The zero-order valence-electron chi connectivity index (χ0n) is 14.2. The molecule has 0 saturated carbocycles. The Bertz CT molecular complexity index is 703. The van der Waals surface area contributed by atoms with Gasteiger partial charge in [0.1, 0.15) is 5.78 Å². The Morgan fingerprint density at radius 2 is 1.92 bits per heavy atom. The van der Waals surface area contributed by atoms with Crippen molar-refractivity contribution < 1.29 is 9.59 Å². The Kier molecular flexibility index (Phi) is 5.90. The molecule has 3 rings (SSSR count). The molecule has 1 saturated heterocycles. The van der Waals surface area contributed by atoms with Crippen LogP contribution in [0.25, 0.3) is 0 Å². The highest BCUT2D eigenvalue weighted by molar-refractivity contribution is 5.87. The molecule has 1 amide bonds. The van der Waals surface area contributed by atoms with Gasteiger partial charge in [-0.3, -0.25) is 14.6 Å². The standard InChI is InChI=1S/C20H23N3O2/c24-19(12-15-6-2-1-3-7-15)16-13-18(23-14-16)20(25)22-11-9-17-8-4-5-10-21-17/h1-8,10,16,18,23H,9,11-14H2,(H,22,25). The third-order valence-electron chi connectivity index (χ3n) is 4.53. The third kappa shape index (κ3) is 4.97. The van der Waals surface area contributed by atoms with Gasteiger partial charge in [-0.1, -0.05) is 36.4 Å². The van der Waals surface area contributed by atoms with Crippen molar-refractivity contribution in [2.24, 2.45) is 5.92 Å². The van der Waals surface area contributed by atoms with E-state index in [1.807, 2.05) is 48.5 Å². The molecular weight excluding hydrogens is 314 g/mol. The molecule has 25 heavy (non-hydrogen) atoms. The lowest BCUT2D eigenvalue weighted by Crippen LogP contribution is -2.41. The van der Waals surface area contributed by atoms with Crippen molar-refractivity contribution in [3.8, 4) is 0 Å². The number of nitrogens with zero attached hydrogens (tertiary/aromatic N) is 1. The Hall–Kier alpha value is -2.53. The lowest BCUT2D eigenvalue weighted by atomic mass is 9.95. The summed E-state index contributed by atoms with van der Waals surface area (Å²) < 4.78 is 0. The molecule has 0 aliphatic carbocycles. The molecule has 5 nitrogen and oxygen atoms in total. The van der Waals surface area contributed by atoms with Gasteiger partial charge in [0.15, 0.2) is 0 Å². The first-order valence-corrected chi connectivity index (χ1v) is 8.70. The molecule has 1 fully saturated rings. The first-order chi connectivity index (χ1) is 12.2. The fourth-order valence-corrected chi connectivity index (χ4v) is 3.11. The third-order valence-corrected chi connectivity index (χ3v) is 4.53. The molecule has 1 aliphatic heterocycles. The number of carbonyl (C=O) groups is 2. The highest BCUT2D eigenvalue weighted by Crippen LogP contribution is 2.17. The maximum atomic E-state index is 12.4. The van der Waals surface area contributed by atoms with E-state index < -0.39 is 0 Å². The van der Waals surface area contributed by atoms with E-state index in [4.69, 9.17) is 0 Å². The minimum absolute atomic E-state index is 0.0362. The lowest BCUT2D eigenvalue weighted by molar-refractivity contribution is -0.123. The molecule has 2 N–H and O–H groups in total. The summed E-state index contributed by atoms with van der Waals surface area (Å²) in [5, 5.41) is 6.10. The SMILES string of the molecule is O=C(Cc1ccccc1)C1CNC(C(=O)NCCc2ccccn2)C1. The Balaban J connectivity index is 1.42. The number of pyridine rings is 1. The zero-order valence-corrected chi connectivity index (χ0v) is 14.2. The molecule has 1 aromatic carbocycles. The summed E-state index contributed by atoms with van der Waals surface area (Å²) in [6, 6.07) is 15.2. The summed E-state index contributed by atoms with van der Waals surface area (Å²) in [6.45, 7) is 1.13. The predicted octanol–water partition coefficient (Wildman–Crippen LogP) is 1.53. The van der Waals surface area contributed by atoms with Gasteiger partial charge >= 0.3 is 0 Å². The van der Waals surface area contributed by atoms with Gasteiger partial charge in [-0.25, -0.2) is 0 Å². The summed E-state index contributed by atoms with van der Waals surface area (Å²) in [4.78, 5) is 28.9. The largest absolute Gasteiger partial charge is 0.354 e. The number of nitrogens with one attached hydrogen (secondary N) is 2. The van der Waals surface area contributed by atoms with Crippen molar-refractivity contribution in [1.82, 2.24) is 15.6 Å². The summed E-state index contributed by atoms with van der Waals surface area (Å²) in [6.07, 6.45) is 3.45. The van der Waals surface area contributed by atoms with Gasteiger partial charge in [-0.2, -0.15) is 0 Å². The maximum absolute atomic E-state index is 12.4. The number of rotatable bonds is 7. The molecule has 1 aromatic heterocycles. The fraction of sp³-hybridized carbons (Fsp3) is 0.350. The van der Waals surface area contributed by atoms with E-state index >= 15 is 0 Å². The van der Waals surface area contributed by atoms with Crippen molar-refractivity contribution >= 4 is 11.7 Å². The van der Waals surface area contributed by atoms with Crippen LogP contribution in [0, 0.1) is 5.92 Å². The van der Waals surface area contributed by atoms with E-state index in [-0.39, 0.29) is 23.7 Å². The van der Waals surface area contributed by atoms with Gasteiger partial charge in [0.25, 0.3) is 0 Å². The van der Waals surface area contributed by atoms with Crippen LogP contribution in [0.2, 0.25) is 0 Å². The summed E-state index contributed by atoms with van der Waals surface area (Å²) in [5.41, 5.74) is 1.98. The molecule has 2 unspecified atom stereocenters. The van der Waals surface area contributed by atoms with Crippen LogP contribution in [-0.2, 0) is 22.4 Å². The van der Waals surface area contributed by atoms with Crippen LogP contribution in [-0.4, -0.2) is 35.8 Å². The lowest BCUT2D eigenvalue weighted by Gasteiger charge is -2.11. The van der Waals surface area contributed by atoms with E-state index in [1.165, 1.54) is 0 Å². The van der Waals surface area contributed by atoms with Crippen LogP contribution in [0.5, 0.6) is 0 Å². The van der Waals surface area contributed by atoms with Gasteiger partial charge in [0, 0.05) is 43.7 Å². The molecule has 1 aliphatic rings. The molecule has 2 heterocycles. The first-order valence-electron chi connectivity index (χ1n) is 8.70. The maximum Gasteiger partial charge on any atom is 0.237 e. The summed E-state index contributed by atoms with van der Waals surface area (Å²) >= 11 is 0. The average molecular weight is 337 g/mol. The van der Waals surface area contributed by atoms with Crippen molar-refractivity contribution in [1.29, 1.82) is 0 Å². The molecule has 0 bridgehead atoms. The molecule has 5 heteroatoms. The van der Waals surface area contributed by atoms with Crippen molar-refractivity contribution in [3.05, 3.63) is 66.0 Å². The van der Waals surface area contributed by atoms with Crippen LogP contribution in [0.15, 0.2) is 54.7 Å². The van der Waals surface area contributed by atoms with Crippen LogP contribution < -0.4 is 10.6 Å². The molecule has 2 atom stereocenters. The van der Waals surface area contributed by atoms with Gasteiger partial charge in [0.2, 0.25) is 5.91 Å². The smallest absolute Gasteiger partial charge is 0.237 e.